The lowest BCUT2D eigenvalue weighted by Gasteiger charge is -2.38. The number of aliphatic hydroxyl groups excluding tert-OH is 3. The largest absolute Gasteiger partial charge is 0.395 e. The van der Waals surface area contributed by atoms with Crippen molar-refractivity contribution in [1.29, 1.82) is 0 Å². The van der Waals surface area contributed by atoms with Gasteiger partial charge in [0, 0.05) is 5.41 Å². The first kappa shape index (κ1) is 17.8. The highest BCUT2D eigenvalue weighted by Gasteiger charge is 2.47. The van der Waals surface area contributed by atoms with Crippen LogP contribution in [0.3, 0.4) is 0 Å². The molecule has 4 heteroatoms. The molecule has 0 saturated heterocycles. The van der Waals surface area contributed by atoms with Crippen LogP contribution in [0.15, 0.2) is 38.0 Å². The van der Waals surface area contributed by atoms with Crippen LogP contribution in [-0.2, 0) is 4.79 Å². The van der Waals surface area contributed by atoms with Gasteiger partial charge in [0.05, 0.1) is 25.2 Å². The van der Waals surface area contributed by atoms with Crippen LogP contribution >= 0.6 is 0 Å². The molecule has 4 nitrogen and oxygen atoms in total. The zero-order valence-corrected chi connectivity index (χ0v) is 11.3. The summed E-state index contributed by atoms with van der Waals surface area (Å²) in [4.78, 5) is 12.7. The van der Waals surface area contributed by atoms with E-state index in [-0.39, 0.29) is 5.78 Å². The first-order chi connectivity index (χ1) is 9.02. The fourth-order valence-corrected chi connectivity index (χ4v) is 2.28. The van der Waals surface area contributed by atoms with Crippen LogP contribution in [0.5, 0.6) is 0 Å². The number of aliphatic hydroxyl groups is 3. The van der Waals surface area contributed by atoms with Gasteiger partial charge in [0.2, 0.25) is 0 Å². The van der Waals surface area contributed by atoms with Gasteiger partial charge in [-0.15, -0.1) is 19.7 Å². The van der Waals surface area contributed by atoms with Gasteiger partial charge in [0.1, 0.15) is 0 Å². The third kappa shape index (κ3) is 3.62. The van der Waals surface area contributed by atoms with Crippen LogP contribution in [-0.4, -0.2) is 40.9 Å². The predicted octanol–water partition coefficient (Wildman–Crippen LogP) is 1.23. The average Bonchev–Trinajstić information content (AvgIpc) is 2.42. The highest BCUT2D eigenvalue weighted by Crippen LogP contribution is 2.40. The van der Waals surface area contributed by atoms with Crippen molar-refractivity contribution < 1.29 is 20.1 Å². The van der Waals surface area contributed by atoms with Crippen molar-refractivity contribution in [2.45, 2.75) is 19.3 Å². The van der Waals surface area contributed by atoms with Crippen LogP contribution in [0, 0.1) is 10.8 Å². The van der Waals surface area contributed by atoms with E-state index in [2.05, 4.69) is 19.7 Å². The molecular formula is C15H24O4. The highest BCUT2D eigenvalue weighted by atomic mass is 16.3. The molecule has 3 N–H and O–H groups in total. The maximum Gasteiger partial charge on any atom is 0.153 e. The van der Waals surface area contributed by atoms with Gasteiger partial charge in [0.25, 0.3) is 0 Å². The number of allylic oxidation sites excluding steroid dienone is 3. The SMILES string of the molecule is C=CCC(CC=C)(CC=C)C(=O)C(CO)(CO)CO. The molecule has 19 heavy (non-hydrogen) atoms. The van der Waals surface area contributed by atoms with Gasteiger partial charge < -0.3 is 15.3 Å². The second-order valence-corrected chi connectivity index (χ2v) is 4.84. The van der Waals surface area contributed by atoms with Gasteiger partial charge in [-0.1, -0.05) is 18.2 Å². The van der Waals surface area contributed by atoms with Crippen LogP contribution < -0.4 is 0 Å². The molecule has 0 amide bonds. The van der Waals surface area contributed by atoms with Crippen LogP contribution in [0.1, 0.15) is 19.3 Å². The second kappa shape index (κ2) is 8.04. The van der Waals surface area contributed by atoms with Crippen molar-refractivity contribution in [1.82, 2.24) is 0 Å². The van der Waals surface area contributed by atoms with E-state index in [0.29, 0.717) is 19.3 Å². The quantitative estimate of drug-likeness (QED) is 0.493. The summed E-state index contributed by atoms with van der Waals surface area (Å²) in [5, 5.41) is 28.2. The Kier molecular flexibility index (Phi) is 7.52. The summed E-state index contributed by atoms with van der Waals surface area (Å²) in [6.07, 6.45) is 5.94. The summed E-state index contributed by atoms with van der Waals surface area (Å²) in [7, 11) is 0. The van der Waals surface area contributed by atoms with E-state index >= 15 is 0 Å². The molecule has 0 unspecified atom stereocenters. The van der Waals surface area contributed by atoms with E-state index in [4.69, 9.17) is 0 Å². The minimum Gasteiger partial charge on any atom is -0.395 e. The molecule has 0 heterocycles. The molecule has 0 aliphatic heterocycles. The lowest BCUT2D eigenvalue weighted by Crippen LogP contribution is -2.50. The predicted molar refractivity (Wildman–Crippen MR) is 75.6 cm³/mol. The van der Waals surface area contributed by atoms with E-state index in [0.717, 1.165) is 0 Å². The Morgan fingerprint density at radius 3 is 1.32 bits per heavy atom. The summed E-state index contributed by atoms with van der Waals surface area (Å²) in [5.74, 6) is -0.382. The summed E-state index contributed by atoms with van der Waals surface area (Å²) in [6, 6.07) is 0. The lowest BCUT2D eigenvalue weighted by molar-refractivity contribution is -0.148. The maximum atomic E-state index is 12.7. The topological polar surface area (TPSA) is 77.8 Å². The molecule has 0 saturated carbocycles. The van der Waals surface area contributed by atoms with Gasteiger partial charge >= 0.3 is 0 Å². The minimum absolute atomic E-state index is 0.367. The molecule has 0 aliphatic carbocycles. The Labute approximate surface area is 114 Å². The summed E-state index contributed by atoms with van der Waals surface area (Å²) >= 11 is 0. The Morgan fingerprint density at radius 1 is 0.789 bits per heavy atom. The van der Waals surface area contributed by atoms with Crippen molar-refractivity contribution in [3.63, 3.8) is 0 Å². The highest BCUT2D eigenvalue weighted by molar-refractivity contribution is 5.91. The molecule has 0 atom stereocenters. The van der Waals surface area contributed by atoms with E-state index in [1.165, 1.54) is 0 Å². The third-order valence-corrected chi connectivity index (χ3v) is 3.48. The summed E-state index contributed by atoms with van der Waals surface area (Å²) in [6.45, 7) is 9.12. The number of carbonyl (C=O) groups excluding carboxylic acids is 1. The van der Waals surface area contributed by atoms with Crippen molar-refractivity contribution in [3.8, 4) is 0 Å². The molecule has 0 rings (SSSR count). The molecule has 108 valence electrons. The molecule has 0 fully saturated rings. The molecule has 0 radical (unpaired) electrons. The number of rotatable bonds is 11. The first-order valence-electron chi connectivity index (χ1n) is 6.22. The Bertz CT molecular complexity index is 294. The van der Waals surface area contributed by atoms with Crippen molar-refractivity contribution in [3.05, 3.63) is 38.0 Å². The maximum absolute atomic E-state index is 12.7. The van der Waals surface area contributed by atoms with Crippen molar-refractivity contribution >= 4 is 5.78 Å². The molecule has 0 aromatic rings. The molecular weight excluding hydrogens is 244 g/mol. The minimum atomic E-state index is -1.55. The normalized spacial score (nSPS) is 11.9. The standard InChI is InChI=1S/C15H24O4/c1-4-7-14(8-5-2,9-6-3)13(19)15(10-16,11-17)12-18/h4-6,16-18H,1-3,7-12H2. The van der Waals surface area contributed by atoms with Crippen LogP contribution in [0.4, 0.5) is 0 Å². The fraction of sp³-hybridized carbons (Fsp3) is 0.533. The first-order valence-corrected chi connectivity index (χ1v) is 6.22. The van der Waals surface area contributed by atoms with E-state index in [9.17, 15) is 20.1 Å². The van der Waals surface area contributed by atoms with E-state index in [1.54, 1.807) is 18.2 Å². The van der Waals surface area contributed by atoms with Gasteiger partial charge in [-0.2, -0.15) is 0 Å². The van der Waals surface area contributed by atoms with Crippen LogP contribution in [0.2, 0.25) is 0 Å². The Morgan fingerprint density at radius 2 is 1.11 bits per heavy atom. The Balaban J connectivity index is 5.67. The molecule has 0 aromatic heterocycles. The van der Waals surface area contributed by atoms with Gasteiger partial charge in [0.15, 0.2) is 5.78 Å². The third-order valence-electron chi connectivity index (χ3n) is 3.48. The van der Waals surface area contributed by atoms with Crippen LogP contribution in [0.25, 0.3) is 0 Å². The lowest BCUT2D eigenvalue weighted by atomic mass is 9.65. The van der Waals surface area contributed by atoms with Crippen molar-refractivity contribution in [2.24, 2.45) is 10.8 Å². The van der Waals surface area contributed by atoms with E-state index in [1.807, 2.05) is 0 Å². The second-order valence-electron chi connectivity index (χ2n) is 4.84. The molecule has 0 spiro atoms. The zero-order valence-electron chi connectivity index (χ0n) is 11.3. The van der Waals surface area contributed by atoms with Gasteiger partial charge in [-0.3, -0.25) is 4.79 Å². The number of Topliss-reactive ketones (excluding diaryl/α,β-unsaturated/α-hetero) is 1. The zero-order chi connectivity index (χ0) is 14.9. The van der Waals surface area contributed by atoms with Crippen molar-refractivity contribution in [2.75, 3.05) is 19.8 Å². The van der Waals surface area contributed by atoms with E-state index < -0.39 is 30.7 Å². The fourth-order valence-electron chi connectivity index (χ4n) is 2.28. The Hall–Kier alpha value is -1.23. The van der Waals surface area contributed by atoms with Gasteiger partial charge in [-0.25, -0.2) is 0 Å². The smallest absolute Gasteiger partial charge is 0.153 e. The molecule has 0 aliphatic rings. The summed E-state index contributed by atoms with van der Waals surface area (Å²) in [5.41, 5.74) is -2.42. The molecule has 0 bridgehead atoms. The average molecular weight is 268 g/mol. The number of carbonyl (C=O) groups is 1. The number of hydrogen-bond donors (Lipinski definition) is 3. The monoisotopic (exact) mass is 268 g/mol. The number of ketones is 1. The summed E-state index contributed by atoms with van der Waals surface area (Å²) < 4.78 is 0. The van der Waals surface area contributed by atoms with Gasteiger partial charge in [-0.05, 0) is 19.3 Å². The molecule has 0 aromatic carbocycles. The number of hydrogen-bond acceptors (Lipinski definition) is 4.